The van der Waals surface area contributed by atoms with Crippen molar-refractivity contribution in [2.45, 2.75) is 48.8 Å². The highest BCUT2D eigenvalue weighted by atomic mass is 35.5. The number of nitrogens with zero attached hydrogens (tertiary/aromatic N) is 3. The number of thiophene rings is 1. The molecular formula is C22H20ClN3O2S2. The number of likely N-dealkylation sites (tertiary alicyclic amines) is 1. The minimum atomic E-state index is -0.321. The van der Waals surface area contributed by atoms with E-state index in [0.717, 1.165) is 47.3 Å². The van der Waals surface area contributed by atoms with Crippen LogP contribution in [0.2, 0.25) is 5.02 Å². The molecule has 1 unspecified atom stereocenters. The molecule has 0 bridgehead atoms. The Kier molecular flexibility index (Phi) is 5.52. The maximum absolute atomic E-state index is 13.4. The first kappa shape index (κ1) is 20.0. The summed E-state index contributed by atoms with van der Waals surface area (Å²) in [5.74, 6) is -0.385. The smallest absolute Gasteiger partial charge is 0.260 e. The first-order valence-corrected chi connectivity index (χ1v) is 12.2. The molecule has 0 spiro atoms. The molecule has 5 nitrogen and oxygen atoms in total. The second-order valence-electron chi connectivity index (χ2n) is 7.62. The summed E-state index contributed by atoms with van der Waals surface area (Å²) in [6, 6.07) is 6.71. The second-order valence-corrected chi connectivity index (χ2v) is 10.3. The Morgan fingerprint density at radius 2 is 1.97 bits per heavy atom. The predicted octanol–water partition coefficient (Wildman–Crippen LogP) is 5.15. The van der Waals surface area contributed by atoms with E-state index in [1.54, 1.807) is 41.9 Å². The van der Waals surface area contributed by atoms with Crippen molar-refractivity contribution in [3.8, 4) is 0 Å². The zero-order chi connectivity index (χ0) is 20.7. The molecule has 1 aliphatic carbocycles. The Morgan fingerprint density at radius 3 is 2.80 bits per heavy atom. The molecule has 1 atom stereocenters. The molecule has 30 heavy (non-hydrogen) atoms. The molecular weight excluding hydrogens is 438 g/mol. The Morgan fingerprint density at radius 1 is 1.13 bits per heavy atom. The highest BCUT2D eigenvalue weighted by molar-refractivity contribution is 8.00. The molecule has 0 saturated carbocycles. The molecule has 1 saturated heterocycles. The van der Waals surface area contributed by atoms with E-state index in [2.05, 4.69) is 9.97 Å². The summed E-state index contributed by atoms with van der Waals surface area (Å²) in [5, 5.41) is 2.24. The molecule has 1 fully saturated rings. The van der Waals surface area contributed by atoms with Gasteiger partial charge in [0, 0.05) is 27.4 Å². The van der Waals surface area contributed by atoms with Crippen LogP contribution < -0.4 is 0 Å². The third-order valence-corrected chi connectivity index (χ3v) is 8.40. The summed E-state index contributed by atoms with van der Waals surface area (Å²) in [6.07, 6.45) is 7.38. The number of benzene rings is 1. The SMILES string of the molecule is O=C(c1ccc(Cl)cc1)N1CCCCC(Sc2ncnc3sc4c(c23)CCC4)C1=O. The van der Waals surface area contributed by atoms with Crippen LogP contribution in [0.3, 0.4) is 0 Å². The lowest BCUT2D eigenvalue weighted by Crippen LogP contribution is -2.41. The minimum absolute atomic E-state index is 0.129. The number of aromatic nitrogens is 2. The third-order valence-electron chi connectivity index (χ3n) is 5.70. The van der Waals surface area contributed by atoms with Crippen molar-refractivity contribution in [1.82, 2.24) is 14.9 Å². The van der Waals surface area contributed by atoms with Crippen LogP contribution in [-0.2, 0) is 17.6 Å². The van der Waals surface area contributed by atoms with Crippen molar-refractivity contribution in [3.05, 3.63) is 51.6 Å². The van der Waals surface area contributed by atoms with E-state index >= 15 is 0 Å². The minimum Gasteiger partial charge on any atom is -0.278 e. The number of carbonyl (C=O) groups excluding carboxylic acids is 2. The summed E-state index contributed by atoms with van der Waals surface area (Å²) < 4.78 is 0. The zero-order valence-electron chi connectivity index (χ0n) is 16.3. The Hall–Kier alpha value is -1.96. The van der Waals surface area contributed by atoms with Crippen molar-refractivity contribution >= 4 is 56.7 Å². The number of rotatable bonds is 3. The molecule has 1 aliphatic heterocycles. The van der Waals surface area contributed by atoms with Crippen molar-refractivity contribution in [3.63, 3.8) is 0 Å². The van der Waals surface area contributed by atoms with Crippen molar-refractivity contribution < 1.29 is 9.59 Å². The number of halogens is 1. The second kappa shape index (κ2) is 8.29. The van der Waals surface area contributed by atoms with Crippen LogP contribution in [0.1, 0.15) is 46.5 Å². The Balaban J connectivity index is 1.43. The van der Waals surface area contributed by atoms with Gasteiger partial charge >= 0.3 is 0 Å². The molecule has 8 heteroatoms. The van der Waals surface area contributed by atoms with Gasteiger partial charge in [0.2, 0.25) is 5.91 Å². The normalized spacial score (nSPS) is 19.2. The number of carbonyl (C=O) groups is 2. The predicted molar refractivity (Wildman–Crippen MR) is 120 cm³/mol. The molecule has 2 aliphatic rings. The van der Waals surface area contributed by atoms with Crippen LogP contribution in [0.4, 0.5) is 0 Å². The number of aryl methyl sites for hydroxylation is 2. The lowest BCUT2D eigenvalue weighted by atomic mass is 10.2. The molecule has 5 rings (SSSR count). The largest absolute Gasteiger partial charge is 0.278 e. The van der Waals surface area contributed by atoms with E-state index in [1.807, 2.05) is 0 Å². The van der Waals surface area contributed by atoms with Crippen LogP contribution in [0.15, 0.2) is 35.6 Å². The van der Waals surface area contributed by atoms with Gasteiger partial charge in [-0.2, -0.15) is 0 Å². The molecule has 1 aromatic carbocycles. The number of amides is 2. The first-order valence-electron chi connectivity index (χ1n) is 10.1. The van der Waals surface area contributed by atoms with Gasteiger partial charge in [-0.15, -0.1) is 11.3 Å². The van der Waals surface area contributed by atoms with Gasteiger partial charge in [-0.25, -0.2) is 9.97 Å². The lowest BCUT2D eigenvalue weighted by Gasteiger charge is -2.22. The topological polar surface area (TPSA) is 63.2 Å². The van der Waals surface area contributed by atoms with Gasteiger partial charge in [0.1, 0.15) is 16.2 Å². The van der Waals surface area contributed by atoms with Gasteiger partial charge in [0.05, 0.1) is 5.25 Å². The van der Waals surface area contributed by atoms with Crippen LogP contribution >= 0.6 is 34.7 Å². The van der Waals surface area contributed by atoms with Crippen LogP contribution in [0.5, 0.6) is 0 Å². The fourth-order valence-corrected chi connectivity index (χ4v) is 6.84. The number of fused-ring (bicyclic) bond motifs is 3. The average Bonchev–Trinajstić information content (AvgIpc) is 3.29. The fraction of sp³-hybridized carbons (Fsp3) is 0.364. The molecule has 2 amide bonds. The van der Waals surface area contributed by atoms with Crippen LogP contribution in [-0.4, -0.2) is 38.5 Å². The lowest BCUT2D eigenvalue weighted by molar-refractivity contribution is -0.127. The highest BCUT2D eigenvalue weighted by Gasteiger charge is 2.33. The standard InChI is InChI=1S/C22H20ClN3O2S2/c23-14-9-7-13(8-10-14)21(27)26-11-2-1-5-17(22(26)28)30-20-18-15-4-3-6-16(15)29-19(18)24-12-25-20/h7-10,12,17H,1-6,11H2. The monoisotopic (exact) mass is 457 g/mol. The van der Waals surface area contributed by atoms with Gasteiger partial charge in [-0.1, -0.05) is 29.8 Å². The van der Waals surface area contributed by atoms with E-state index in [9.17, 15) is 9.59 Å². The highest BCUT2D eigenvalue weighted by Crippen LogP contribution is 2.42. The molecule has 2 aromatic heterocycles. The fourth-order valence-electron chi connectivity index (χ4n) is 4.19. The maximum atomic E-state index is 13.4. The Labute approximate surface area is 187 Å². The molecule has 154 valence electrons. The Bertz CT molecular complexity index is 1130. The van der Waals surface area contributed by atoms with Gasteiger partial charge < -0.3 is 0 Å². The quantitative estimate of drug-likeness (QED) is 0.402. The van der Waals surface area contributed by atoms with E-state index < -0.39 is 0 Å². The van der Waals surface area contributed by atoms with Crippen LogP contribution in [0.25, 0.3) is 10.2 Å². The molecule has 3 heterocycles. The summed E-state index contributed by atoms with van der Waals surface area (Å²) in [7, 11) is 0. The number of hydrogen-bond donors (Lipinski definition) is 0. The zero-order valence-corrected chi connectivity index (χ0v) is 18.7. The molecule has 0 N–H and O–H groups in total. The third kappa shape index (κ3) is 3.63. The summed E-state index contributed by atoms with van der Waals surface area (Å²) in [6.45, 7) is 0.449. The number of imide groups is 1. The maximum Gasteiger partial charge on any atom is 0.260 e. The van der Waals surface area contributed by atoms with Gasteiger partial charge in [0.15, 0.2) is 0 Å². The average molecular weight is 458 g/mol. The van der Waals surface area contributed by atoms with Crippen molar-refractivity contribution in [2.75, 3.05) is 6.54 Å². The number of thioether (sulfide) groups is 1. The van der Waals surface area contributed by atoms with Crippen LogP contribution in [0, 0.1) is 0 Å². The van der Waals surface area contributed by atoms with Gasteiger partial charge in [-0.3, -0.25) is 14.5 Å². The van der Waals surface area contributed by atoms with Gasteiger partial charge in [-0.05, 0) is 61.9 Å². The van der Waals surface area contributed by atoms with E-state index in [0.29, 0.717) is 17.1 Å². The van der Waals surface area contributed by atoms with Gasteiger partial charge in [0.25, 0.3) is 5.91 Å². The molecule has 3 aromatic rings. The van der Waals surface area contributed by atoms with Crippen molar-refractivity contribution in [2.24, 2.45) is 0 Å². The summed E-state index contributed by atoms with van der Waals surface area (Å²) in [5.41, 5.74) is 1.84. The van der Waals surface area contributed by atoms with Crippen molar-refractivity contribution in [1.29, 1.82) is 0 Å². The van der Waals surface area contributed by atoms with E-state index in [4.69, 9.17) is 11.6 Å². The summed E-state index contributed by atoms with van der Waals surface area (Å²) in [4.78, 5) is 39.2. The number of hydrogen-bond acceptors (Lipinski definition) is 6. The first-order chi connectivity index (χ1) is 14.6. The summed E-state index contributed by atoms with van der Waals surface area (Å²) >= 11 is 9.19. The van der Waals surface area contributed by atoms with E-state index in [1.165, 1.54) is 33.5 Å². The van der Waals surface area contributed by atoms with E-state index in [-0.39, 0.29) is 17.1 Å². The molecule has 0 radical (unpaired) electrons.